The first-order valence-corrected chi connectivity index (χ1v) is 3.70. The maximum absolute atomic E-state index is 13.2. The monoisotopic (exact) mass is 236 g/mol. The fourth-order valence-electron chi connectivity index (χ4n) is 0.986. The number of carbonyl (C=O) groups is 1. The first-order chi connectivity index (χ1) is 7.36. The number of aromatic carboxylic acids is 1. The molecule has 9 heteroatoms. The molecule has 0 amide bonds. The normalized spacial score (nSPS) is 10.5. The Bertz CT molecular complexity index is 463. The molecule has 0 saturated heterocycles. The second kappa shape index (κ2) is 4.13. The molecule has 6 nitrogen and oxygen atoms in total. The number of carboxylic acid groups (broad SMARTS) is 1. The molecule has 0 aliphatic carbocycles. The van der Waals surface area contributed by atoms with Crippen LogP contribution in [0.4, 0.5) is 18.9 Å². The lowest BCUT2D eigenvalue weighted by Gasteiger charge is -2.03. The molecule has 1 aromatic rings. The molecule has 86 valence electrons. The number of alkyl halides is 2. The highest BCUT2D eigenvalue weighted by Gasteiger charge is 2.30. The molecule has 0 aromatic carbocycles. The number of rotatable bonds is 3. The van der Waals surface area contributed by atoms with Crippen LogP contribution in [-0.4, -0.2) is 21.0 Å². The standard InChI is InChI=1S/C7H3F3N2O4/c8-4-3(7(13)14)2(12(15)16)1-11-5(4)6(9)10/h1,6H,(H,13,14). The van der Waals surface area contributed by atoms with Gasteiger partial charge in [-0.3, -0.25) is 10.1 Å². The van der Waals surface area contributed by atoms with E-state index in [0.717, 1.165) is 0 Å². The molecule has 0 aliphatic heterocycles. The molecule has 0 fully saturated rings. The van der Waals surface area contributed by atoms with Gasteiger partial charge in [-0.25, -0.2) is 22.9 Å². The number of nitro groups is 1. The zero-order valence-corrected chi connectivity index (χ0v) is 7.35. The summed E-state index contributed by atoms with van der Waals surface area (Å²) in [5, 5.41) is 18.8. The van der Waals surface area contributed by atoms with Gasteiger partial charge < -0.3 is 5.11 Å². The summed E-state index contributed by atoms with van der Waals surface area (Å²) in [6.45, 7) is 0. The van der Waals surface area contributed by atoms with Gasteiger partial charge in [-0.1, -0.05) is 0 Å². The molecular weight excluding hydrogens is 233 g/mol. The number of hydrogen-bond acceptors (Lipinski definition) is 4. The summed E-state index contributed by atoms with van der Waals surface area (Å²) in [5.74, 6) is -3.90. The number of pyridine rings is 1. The van der Waals surface area contributed by atoms with Crippen molar-refractivity contribution in [3.63, 3.8) is 0 Å². The van der Waals surface area contributed by atoms with Crippen LogP contribution in [-0.2, 0) is 0 Å². The van der Waals surface area contributed by atoms with Crippen molar-refractivity contribution in [1.29, 1.82) is 0 Å². The quantitative estimate of drug-likeness (QED) is 0.637. The SMILES string of the molecule is O=C(O)c1c([N+](=O)[O-])cnc(C(F)F)c1F. The molecule has 0 spiro atoms. The first kappa shape index (κ1) is 11.9. The molecule has 1 rings (SSSR count). The fraction of sp³-hybridized carbons (Fsp3) is 0.143. The van der Waals surface area contributed by atoms with Gasteiger partial charge in [0, 0.05) is 0 Å². The van der Waals surface area contributed by atoms with E-state index in [-0.39, 0.29) is 6.20 Å². The maximum Gasteiger partial charge on any atom is 0.345 e. The summed E-state index contributed by atoms with van der Waals surface area (Å²) in [6, 6.07) is 0. The second-order valence-electron chi connectivity index (χ2n) is 2.58. The average molecular weight is 236 g/mol. The van der Waals surface area contributed by atoms with Gasteiger partial charge >= 0.3 is 11.7 Å². The highest BCUT2D eigenvalue weighted by Crippen LogP contribution is 2.27. The van der Waals surface area contributed by atoms with Crippen molar-refractivity contribution in [3.8, 4) is 0 Å². The third-order valence-electron chi connectivity index (χ3n) is 1.64. The molecule has 0 atom stereocenters. The number of carboxylic acids is 1. The molecule has 0 aliphatic rings. The Morgan fingerprint density at radius 1 is 1.56 bits per heavy atom. The summed E-state index contributed by atoms with van der Waals surface area (Å²) in [5.41, 5.74) is -4.02. The smallest absolute Gasteiger partial charge is 0.345 e. The van der Waals surface area contributed by atoms with E-state index in [0.29, 0.717) is 0 Å². The van der Waals surface area contributed by atoms with Crippen molar-refractivity contribution in [2.45, 2.75) is 6.43 Å². The van der Waals surface area contributed by atoms with Crippen LogP contribution in [0.1, 0.15) is 22.5 Å². The van der Waals surface area contributed by atoms with Gasteiger partial charge in [0.25, 0.3) is 6.43 Å². The third kappa shape index (κ3) is 1.92. The van der Waals surface area contributed by atoms with E-state index in [4.69, 9.17) is 5.11 Å². The Kier molecular flexibility index (Phi) is 3.06. The van der Waals surface area contributed by atoms with Crippen LogP contribution < -0.4 is 0 Å². The topological polar surface area (TPSA) is 93.3 Å². The van der Waals surface area contributed by atoms with E-state index in [1.165, 1.54) is 0 Å². The summed E-state index contributed by atoms with van der Waals surface area (Å²) >= 11 is 0. The van der Waals surface area contributed by atoms with Gasteiger partial charge in [0.15, 0.2) is 11.4 Å². The van der Waals surface area contributed by atoms with Crippen LogP contribution in [0.5, 0.6) is 0 Å². The minimum Gasteiger partial charge on any atom is -0.477 e. The Labute approximate surface area is 85.5 Å². The molecule has 0 unspecified atom stereocenters. The van der Waals surface area contributed by atoms with E-state index in [1.807, 2.05) is 0 Å². The summed E-state index contributed by atoms with van der Waals surface area (Å²) in [7, 11) is 0. The van der Waals surface area contributed by atoms with Crippen LogP contribution in [0.2, 0.25) is 0 Å². The fourth-order valence-corrected chi connectivity index (χ4v) is 0.986. The van der Waals surface area contributed by atoms with Gasteiger partial charge in [-0.2, -0.15) is 0 Å². The first-order valence-electron chi connectivity index (χ1n) is 3.70. The Morgan fingerprint density at radius 3 is 2.50 bits per heavy atom. The zero-order valence-electron chi connectivity index (χ0n) is 7.35. The molecular formula is C7H3F3N2O4. The minimum absolute atomic E-state index is 0.286. The molecule has 1 heterocycles. The van der Waals surface area contributed by atoms with E-state index < -0.39 is 40.1 Å². The highest BCUT2D eigenvalue weighted by molar-refractivity contribution is 5.92. The van der Waals surface area contributed by atoms with Crippen molar-refractivity contribution < 1.29 is 28.0 Å². The molecule has 1 N–H and O–H groups in total. The van der Waals surface area contributed by atoms with Gasteiger partial charge in [-0.15, -0.1) is 0 Å². The number of halogens is 3. The molecule has 0 bridgehead atoms. The van der Waals surface area contributed by atoms with Gasteiger partial charge in [-0.05, 0) is 0 Å². The number of aromatic nitrogens is 1. The Morgan fingerprint density at radius 2 is 2.12 bits per heavy atom. The van der Waals surface area contributed by atoms with Gasteiger partial charge in [0.05, 0.1) is 4.92 Å². The predicted octanol–water partition coefficient (Wildman–Crippen LogP) is 1.76. The molecule has 0 saturated carbocycles. The van der Waals surface area contributed by atoms with Crippen LogP contribution in [0.25, 0.3) is 0 Å². The Hall–Kier alpha value is -2.19. The van der Waals surface area contributed by atoms with Crippen molar-refractivity contribution in [3.05, 3.63) is 33.4 Å². The highest BCUT2D eigenvalue weighted by atomic mass is 19.3. The third-order valence-corrected chi connectivity index (χ3v) is 1.64. The van der Waals surface area contributed by atoms with Gasteiger partial charge in [0.1, 0.15) is 11.9 Å². The zero-order chi connectivity index (χ0) is 12.5. The van der Waals surface area contributed by atoms with Crippen molar-refractivity contribution in [2.75, 3.05) is 0 Å². The molecule has 0 radical (unpaired) electrons. The van der Waals surface area contributed by atoms with Crippen LogP contribution in [0, 0.1) is 15.9 Å². The summed E-state index contributed by atoms with van der Waals surface area (Å²) in [6.07, 6.45) is -3.06. The Balaban J connectivity index is 3.54. The average Bonchev–Trinajstić information content (AvgIpc) is 2.15. The van der Waals surface area contributed by atoms with Crippen molar-refractivity contribution >= 4 is 11.7 Å². The summed E-state index contributed by atoms with van der Waals surface area (Å²) in [4.78, 5) is 22.4. The number of nitrogens with zero attached hydrogens (tertiary/aromatic N) is 2. The van der Waals surface area contributed by atoms with E-state index >= 15 is 0 Å². The molecule has 16 heavy (non-hydrogen) atoms. The minimum atomic E-state index is -3.35. The van der Waals surface area contributed by atoms with E-state index in [1.54, 1.807) is 0 Å². The second-order valence-corrected chi connectivity index (χ2v) is 2.58. The van der Waals surface area contributed by atoms with Crippen LogP contribution >= 0.6 is 0 Å². The lowest BCUT2D eigenvalue weighted by Crippen LogP contribution is -2.10. The van der Waals surface area contributed by atoms with Crippen molar-refractivity contribution in [1.82, 2.24) is 4.98 Å². The van der Waals surface area contributed by atoms with E-state index in [9.17, 15) is 28.1 Å². The molecule has 1 aromatic heterocycles. The van der Waals surface area contributed by atoms with Crippen LogP contribution in [0.3, 0.4) is 0 Å². The van der Waals surface area contributed by atoms with E-state index in [2.05, 4.69) is 4.98 Å². The van der Waals surface area contributed by atoms with Crippen molar-refractivity contribution in [2.24, 2.45) is 0 Å². The lowest BCUT2D eigenvalue weighted by molar-refractivity contribution is -0.385. The van der Waals surface area contributed by atoms with Gasteiger partial charge in [0.2, 0.25) is 0 Å². The lowest BCUT2D eigenvalue weighted by atomic mass is 10.2. The largest absolute Gasteiger partial charge is 0.477 e. The van der Waals surface area contributed by atoms with Crippen LogP contribution in [0.15, 0.2) is 6.20 Å². The summed E-state index contributed by atoms with van der Waals surface area (Å²) < 4.78 is 37.4. The maximum atomic E-state index is 13.2. The number of hydrogen-bond donors (Lipinski definition) is 1. The predicted molar refractivity (Wildman–Crippen MR) is 42.8 cm³/mol.